The largest absolute Gasteiger partial charge is 0.391 e. The predicted octanol–water partition coefficient (Wildman–Crippen LogP) is 10.0. The lowest BCUT2D eigenvalue weighted by Crippen LogP contribution is -2.36. The molecule has 1 aromatic carbocycles. The topological polar surface area (TPSA) is 372 Å². The molecule has 23 nitrogen and oxygen atoms in total. The number of hydrogen-bond donors (Lipinski definition) is 11. The van der Waals surface area contributed by atoms with Gasteiger partial charge in [0.05, 0.1) is 64.8 Å². The molecule has 5 unspecified atom stereocenters. The number of anilines is 8. The Morgan fingerprint density at radius 2 is 0.988 bits per heavy atom. The maximum atomic E-state index is 13.4. The molecule has 86 heavy (non-hydrogen) atoms. The highest BCUT2D eigenvalue weighted by Crippen LogP contribution is 2.30. The fraction of sp³-hybridized carbons (Fsp3) is 0.500. The van der Waals surface area contributed by atoms with Crippen molar-refractivity contribution in [3.63, 3.8) is 0 Å². The Morgan fingerprint density at radius 3 is 1.50 bits per heavy atom. The van der Waals surface area contributed by atoms with Crippen LogP contribution < -0.4 is 44.2 Å². The van der Waals surface area contributed by atoms with Crippen LogP contribution in [-0.4, -0.2) is 125 Å². The zero-order valence-corrected chi connectivity index (χ0v) is 50.5. The molecule has 0 aliphatic carbocycles. The number of nitrogen functional groups attached to an aromatic ring is 4. The number of para-hydroxylation sites is 1. The van der Waals surface area contributed by atoms with Crippen LogP contribution in [0.25, 0.3) is 44.0 Å². The molecule has 0 fully saturated rings. The van der Waals surface area contributed by atoms with Gasteiger partial charge in [-0.3, -0.25) is 4.98 Å². The maximum absolute atomic E-state index is 13.4. The van der Waals surface area contributed by atoms with E-state index in [2.05, 4.69) is 104 Å². The maximum Gasteiger partial charge on any atom is 0.222 e. The number of ketones is 1. The summed E-state index contributed by atoms with van der Waals surface area (Å²) in [5, 5.41) is 43.4. The minimum Gasteiger partial charge on any atom is -0.391 e. The molecule has 8 rings (SSSR count). The Hall–Kier alpha value is -8.23. The number of unbranched alkanes of at least 4 members (excludes halogenated alkanes) is 4. The number of alkyl halides is 1. The van der Waals surface area contributed by atoms with Crippen molar-refractivity contribution in [3.05, 3.63) is 78.8 Å². The SMILES string of the molecule is CCCCC(Nc1nc(N)nc2ccccc12)C(C)O.CCCCC(Nc1nc(N)nc2cccnc12)C(C)O.CCCC[C@@H](Nc1nc(N)nc2cc(F)cnc12)C(O)CF.CCCC[C@@](C)(CCC(C)=O)Nc1nc(N)nc2cc(F)cnc12. The van der Waals surface area contributed by atoms with E-state index in [9.17, 15) is 33.3 Å². The standard InChI is InChI=1S/C17H24FN5O.C15H22N4O.C14H19F2N5O.C14H21N5O/c1-4-5-7-17(3,8-6-11(2)24)23-15-14-13(21-16(19)22-15)9-12(18)10-20-14;1-3-4-8-12(10(2)20)17-14-11-7-5-6-9-13(11)18-15(16)19-14;1-2-3-4-9(11(22)6-15)19-13-12-10(20-14(17)21-13)5-8(16)7-18-12;1-3-4-6-10(9(2)20)17-13-12-11(7-5-8-16-12)18-14(15)19-13/h9-10H,4-8H2,1-3H3,(H3,19,21,22,23);5-7,9-10,12,20H,3-4,8H2,1-2H3,(H3,16,17,18,19);5,7,9,11,22H,2-4,6H2,1H3,(H3,17,19,20,21);5,7-10,20H,3-4,6H2,1-2H3,(H3,15,17,18,19)/t17-;;9-,11?;/m0.1./s1. The summed E-state index contributed by atoms with van der Waals surface area (Å²) in [7, 11) is 0. The Morgan fingerprint density at radius 1 is 0.558 bits per heavy atom. The van der Waals surface area contributed by atoms with Crippen molar-refractivity contribution in [2.24, 2.45) is 0 Å². The molecule has 0 saturated heterocycles. The molecular weight excluding hydrogens is 1110 g/mol. The predicted molar refractivity (Wildman–Crippen MR) is 337 cm³/mol. The summed E-state index contributed by atoms with van der Waals surface area (Å²) in [4.78, 5) is 56.8. The summed E-state index contributed by atoms with van der Waals surface area (Å²) in [6, 6.07) is 13.2. The van der Waals surface area contributed by atoms with E-state index in [0.717, 1.165) is 93.9 Å². The Labute approximate surface area is 500 Å². The molecule has 0 amide bonds. The third kappa shape index (κ3) is 21.1. The summed E-state index contributed by atoms with van der Waals surface area (Å²) in [5.41, 5.74) is 26.1. The molecule has 0 radical (unpaired) electrons. The number of aliphatic hydroxyl groups excluding tert-OH is 3. The normalized spacial score (nSPS) is 14.0. The van der Waals surface area contributed by atoms with Gasteiger partial charge in [-0.15, -0.1) is 0 Å². The Balaban J connectivity index is 0.000000210. The van der Waals surface area contributed by atoms with Crippen LogP contribution in [0, 0.1) is 11.6 Å². The summed E-state index contributed by atoms with van der Waals surface area (Å²) >= 11 is 0. The number of hydrogen-bond acceptors (Lipinski definition) is 23. The highest BCUT2D eigenvalue weighted by Gasteiger charge is 2.27. The number of carbonyl (C=O) groups is 1. The fourth-order valence-corrected chi connectivity index (χ4v) is 9.19. The van der Waals surface area contributed by atoms with Crippen molar-refractivity contribution >= 4 is 96.9 Å². The molecule has 466 valence electrons. The van der Waals surface area contributed by atoms with E-state index in [-0.39, 0.29) is 58.5 Å². The van der Waals surface area contributed by atoms with Crippen LogP contribution in [0.5, 0.6) is 0 Å². The second-order valence-electron chi connectivity index (χ2n) is 21.5. The molecule has 0 saturated carbocycles. The number of halogens is 3. The van der Waals surface area contributed by atoms with Gasteiger partial charge in [0.1, 0.15) is 52.6 Å². The quantitative estimate of drug-likeness (QED) is 0.0228. The molecule has 7 heterocycles. The Kier molecular flexibility index (Phi) is 27.1. The van der Waals surface area contributed by atoms with E-state index in [0.29, 0.717) is 64.3 Å². The molecular formula is C60H86F3N19O4. The highest BCUT2D eigenvalue weighted by molar-refractivity contribution is 5.90. The van der Waals surface area contributed by atoms with Crippen LogP contribution in [0.15, 0.2) is 67.1 Å². The van der Waals surface area contributed by atoms with Crippen molar-refractivity contribution < 1.29 is 33.3 Å². The lowest BCUT2D eigenvalue weighted by atomic mass is 9.89. The summed E-state index contributed by atoms with van der Waals surface area (Å²) in [5.74, 6) is 1.58. The number of rotatable bonds is 27. The zero-order chi connectivity index (χ0) is 62.9. The summed E-state index contributed by atoms with van der Waals surface area (Å²) in [6.07, 6.45) is 14.2. The van der Waals surface area contributed by atoms with Gasteiger partial charge in [-0.25, -0.2) is 43.1 Å². The van der Waals surface area contributed by atoms with Crippen molar-refractivity contribution in [1.82, 2.24) is 54.8 Å². The van der Waals surface area contributed by atoms with Crippen LogP contribution in [-0.2, 0) is 4.79 Å². The average Bonchev–Trinajstić information content (AvgIpc) is 2.23. The average molecular weight is 1190 g/mol. The van der Waals surface area contributed by atoms with E-state index >= 15 is 0 Å². The Bertz CT molecular complexity index is 3290. The number of Topliss-reactive ketones (excluding diaryl/α,β-unsaturated/α-hetero) is 1. The van der Waals surface area contributed by atoms with E-state index in [4.69, 9.17) is 22.9 Å². The number of aliphatic hydroxyl groups is 3. The number of aromatic nitrogens is 11. The van der Waals surface area contributed by atoms with Gasteiger partial charge in [-0.2, -0.15) is 19.9 Å². The second kappa shape index (κ2) is 34.1. The van der Waals surface area contributed by atoms with Gasteiger partial charge in [0.25, 0.3) is 0 Å². The third-order valence-electron chi connectivity index (χ3n) is 14.0. The van der Waals surface area contributed by atoms with Gasteiger partial charge in [0, 0.05) is 35.7 Å². The lowest BCUT2D eigenvalue weighted by Gasteiger charge is -2.31. The van der Waals surface area contributed by atoms with Gasteiger partial charge in [-0.1, -0.05) is 91.2 Å². The first-order chi connectivity index (χ1) is 41.1. The van der Waals surface area contributed by atoms with Crippen molar-refractivity contribution in [3.8, 4) is 0 Å². The van der Waals surface area contributed by atoms with Gasteiger partial charge in [-0.05, 0) is 84.1 Å². The van der Waals surface area contributed by atoms with Crippen LogP contribution in [0.1, 0.15) is 145 Å². The van der Waals surface area contributed by atoms with Crippen molar-refractivity contribution in [1.29, 1.82) is 0 Å². The smallest absolute Gasteiger partial charge is 0.222 e. The van der Waals surface area contributed by atoms with Crippen LogP contribution in [0.4, 0.5) is 60.2 Å². The first-order valence-corrected chi connectivity index (χ1v) is 29.4. The number of nitrogens with two attached hydrogens (primary N) is 4. The van der Waals surface area contributed by atoms with E-state index < -0.39 is 42.7 Å². The van der Waals surface area contributed by atoms with Crippen LogP contribution >= 0.6 is 0 Å². The fourth-order valence-electron chi connectivity index (χ4n) is 9.19. The number of benzene rings is 1. The summed E-state index contributed by atoms with van der Waals surface area (Å²) < 4.78 is 39.4. The first-order valence-electron chi connectivity index (χ1n) is 29.4. The van der Waals surface area contributed by atoms with Gasteiger partial charge in [0.15, 0.2) is 17.5 Å². The monoisotopic (exact) mass is 1190 g/mol. The van der Waals surface area contributed by atoms with Crippen LogP contribution in [0.2, 0.25) is 0 Å². The van der Waals surface area contributed by atoms with E-state index in [1.807, 2.05) is 43.3 Å². The third-order valence-corrected chi connectivity index (χ3v) is 14.0. The molecule has 0 aliphatic rings. The number of nitrogens with zero attached hydrogens (tertiary/aromatic N) is 11. The number of pyridine rings is 3. The highest BCUT2D eigenvalue weighted by atomic mass is 19.1. The van der Waals surface area contributed by atoms with E-state index in [1.54, 1.807) is 27.0 Å². The number of carbonyl (C=O) groups excluding carboxylic acids is 1. The minimum absolute atomic E-state index is 0.0346. The molecule has 15 N–H and O–H groups in total. The van der Waals surface area contributed by atoms with Crippen LogP contribution in [0.3, 0.4) is 0 Å². The molecule has 0 bridgehead atoms. The van der Waals surface area contributed by atoms with Crippen molar-refractivity contribution in [2.45, 2.75) is 187 Å². The zero-order valence-electron chi connectivity index (χ0n) is 50.5. The molecule has 0 spiro atoms. The first kappa shape index (κ1) is 68.5. The van der Waals surface area contributed by atoms with E-state index in [1.165, 1.54) is 12.1 Å². The molecule has 7 atom stereocenters. The molecule has 0 aliphatic heterocycles. The van der Waals surface area contributed by atoms with Gasteiger partial charge in [0.2, 0.25) is 23.8 Å². The summed E-state index contributed by atoms with van der Waals surface area (Å²) in [6.45, 7) is 14.7. The second-order valence-corrected chi connectivity index (χ2v) is 21.5. The van der Waals surface area contributed by atoms with Crippen molar-refractivity contribution in [2.75, 3.05) is 50.9 Å². The molecule has 8 aromatic rings. The minimum atomic E-state index is -1.17. The lowest BCUT2D eigenvalue weighted by molar-refractivity contribution is -0.117. The molecule has 7 aromatic heterocycles. The molecule has 26 heteroatoms. The number of nitrogens with one attached hydrogen (secondary N) is 4. The van der Waals surface area contributed by atoms with Gasteiger partial charge >= 0.3 is 0 Å². The number of fused-ring (bicyclic) bond motifs is 4. The van der Waals surface area contributed by atoms with Gasteiger partial charge < -0.3 is 64.3 Å².